The SMILES string of the molecule is Cc1ccc(S(=O)(=O)N[C@@H]2CCCC[C@H]2Sc2ccc(F)cc2)cc1. The molecule has 6 heteroatoms. The fourth-order valence-corrected chi connectivity index (χ4v) is 5.74. The van der Waals surface area contributed by atoms with Gasteiger partial charge in [-0.25, -0.2) is 17.5 Å². The van der Waals surface area contributed by atoms with Crippen LogP contribution in [0, 0.1) is 12.7 Å². The monoisotopic (exact) mass is 379 g/mol. The van der Waals surface area contributed by atoms with E-state index in [0.717, 1.165) is 36.1 Å². The highest BCUT2D eigenvalue weighted by Crippen LogP contribution is 2.34. The van der Waals surface area contributed by atoms with Gasteiger partial charge in [-0.2, -0.15) is 0 Å². The van der Waals surface area contributed by atoms with E-state index in [1.807, 2.05) is 6.92 Å². The molecular formula is C19H22FNO2S2. The Morgan fingerprint density at radius 1 is 1.00 bits per heavy atom. The van der Waals surface area contributed by atoms with Gasteiger partial charge in [-0.05, 0) is 56.2 Å². The molecule has 0 heterocycles. The Morgan fingerprint density at radius 2 is 1.64 bits per heavy atom. The Morgan fingerprint density at radius 3 is 2.32 bits per heavy atom. The van der Waals surface area contributed by atoms with E-state index in [1.54, 1.807) is 48.2 Å². The summed E-state index contributed by atoms with van der Waals surface area (Å²) in [7, 11) is -3.53. The lowest BCUT2D eigenvalue weighted by Gasteiger charge is -2.31. The summed E-state index contributed by atoms with van der Waals surface area (Å²) in [6.07, 6.45) is 3.87. The molecular weight excluding hydrogens is 357 g/mol. The zero-order valence-corrected chi connectivity index (χ0v) is 15.7. The Kier molecular flexibility index (Phi) is 5.81. The minimum atomic E-state index is -3.53. The molecule has 0 bridgehead atoms. The van der Waals surface area contributed by atoms with Crippen LogP contribution in [-0.2, 0) is 10.0 Å². The predicted molar refractivity (Wildman–Crippen MR) is 99.8 cm³/mol. The second-order valence-corrected chi connectivity index (χ2v) is 9.46. The first-order chi connectivity index (χ1) is 11.9. The van der Waals surface area contributed by atoms with Crippen molar-refractivity contribution >= 4 is 21.8 Å². The smallest absolute Gasteiger partial charge is 0.207 e. The Balaban J connectivity index is 1.74. The molecule has 0 saturated heterocycles. The number of hydrogen-bond acceptors (Lipinski definition) is 3. The molecule has 2 aromatic carbocycles. The number of thioether (sulfide) groups is 1. The second-order valence-electron chi connectivity index (χ2n) is 6.44. The molecule has 25 heavy (non-hydrogen) atoms. The first-order valence-corrected chi connectivity index (χ1v) is 10.8. The van der Waals surface area contributed by atoms with Crippen molar-refractivity contribution in [3.8, 4) is 0 Å². The van der Waals surface area contributed by atoms with Crippen LogP contribution in [0.3, 0.4) is 0 Å². The van der Waals surface area contributed by atoms with Crippen molar-refractivity contribution in [2.24, 2.45) is 0 Å². The van der Waals surface area contributed by atoms with Crippen molar-refractivity contribution in [2.75, 3.05) is 0 Å². The summed E-state index contributed by atoms with van der Waals surface area (Å²) in [5.41, 5.74) is 1.03. The van der Waals surface area contributed by atoms with Gasteiger partial charge in [-0.3, -0.25) is 0 Å². The number of hydrogen-bond donors (Lipinski definition) is 1. The number of aryl methyl sites for hydroxylation is 1. The number of sulfonamides is 1. The Hall–Kier alpha value is -1.37. The average Bonchev–Trinajstić information content (AvgIpc) is 2.59. The van der Waals surface area contributed by atoms with Gasteiger partial charge in [-0.15, -0.1) is 11.8 Å². The van der Waals surface area contributed by atoms with E-state index < -0.39 is 10.0 Å². The van der Waals surface area contributed by atoms with Crippen molar-refractivity contribution in [1.29, 1.82) is 0 Å². The number of rotatable bonds is 5. The third kappa shape index (κ3) is 4.84. The third-order valence-electron chi connectivity index (χ3n) is 4.44. The number of nitrogens with one attached hydrogen (secondary N) is 1. The molecule has 0 spiro atoms. The first kappa shape index (κ1) is 18.4. The van der Waals surface area contributed by atoms with Gasteiger partial charge in [0, 0.05) is 16.2 Å². The molecule has 0 radical (unpaired) electrons. The summed E-state index contributed by atoms with van der Waals surface area (Å²) in [6, 6.07) is 13.2. The molecule has 2 aromatic rings. The van der Waals surface area contributed by atoms with Crippen LogP contribution in [0.2, 0.25) is 0 Å². The van der Waals surface area contributed by atoms with Crippen LogP contribution < -0.4 is 4.72 Å². The lowest BCUT2D eigenvalue weighted by Crippen LogP contribution is -2.43. The third-order valence-corrected chi connectivity index (χ3v) is 7.36. The van der Waals surface area contributed by atoms with E-state index in [2.05, 4.69) is 4.72 Å². The van der Waals surface area contributed by atoms with Crippen molar-refractivity contribution in [3.63, 3.8) is 0 Å². The van der Waals surface area contributed by atoms with E-state index >= 15 is 0 Å². The lowest BCUT2D eigenvalue weighted by atomic mass is 9.96. The lowest BCUT2D eigenvalue weighted by molar-refractivity contribution is 0.423. The minimum absolute atomic E-state index is 0.116. The highest BCUT2D eigenvalue weighted by Gasteiger charge is 2.30. The van der Waals surface area contributed by atoms with Gasteiger partial charge in [0.05, 0.1) is 4.90 Å². The number of benzene rings is 2. The van der Waals surface area contributed by atoms with Crippen LogP contribution in [0.1, 0.15) is 31.2 Å². The molecule has 1 fully saturated rings. The van der Waals surface area contributed by atoms with Crippen LogP contribution >= 0.6 is 11.8 Å². The molecule has 1 N–H and O–H groups in total. The van der Waals surface area contributed by atoms with Gasteiger partial charge in [0.1, 0.15) is 5.82 Å². The summed E-state index contributed by atoms with van der Waals surface area (Å²) >= 11 is 1.63. The molecule has 0 aromatic heterocycles. The highest BCUT2D eigenvalue weighted by molar-refractivity contribution is 8.00. The molecule has 2 atom stereocenters. The van der Waals surface area contributed by atoms with Crippen LogP contribution in [0.25, 0.3) is 0 Å². The Labute approximate surface area is 153 Å². The molecule has 1 saturated carbocycles. The Bertz CT molecular complexity index is 804. The van der Waals surface area contributed by atoms with Crippen molar-refractivity contribution < 1.29 is 12.8 Å². The summed E-state index contributed by atoms with van der Waals surface area (Å²) in [5.74, 6) is -0.260. The minimum Gasteiger partial charge on any atom is -0.207 e. The fourth-order valence-electron chi connectivity index (χ4n) is 3.05. The molecule has 0 unspecified atom stereocenters. The van der Waals surface area contributed by atoms with Crippen molar-refractivity contribution in [1.82, 2.24) is 4.72 Å². The topological polar surface area (TPSA) is 46.2 Å². The summed E-state index contributed by atoms with van der Waals surface area (Å²) in [6.45, 7) is 1.93. The van der Waals surface area contributed by atoms with Crippen molar-refractivity contribution in [2.45, 2.75) is 53.7 Å². The number of halogens is 1. The van der Waals surface area contributed by atoms with Gasteiger partial charge in [0.15, 0.2) is 0 Å². The molecule has 134 valence electrons. The largest absolute Gasteiger partial charge is 0.240 e. The molecule has 3 nitrogen and oxygen atoms in total. The maximum Gasteiger partial charge on any atom is 0.240 e. The fraction of sp³-hybridized carbons (Fsp3) is 0.368. The van der Waals surface area contributed by atoms with Gasteiger partial charge >= 0.3 is 0 Å². The van der Waals surface area contributed by atoms with Gasteiger partial charge < -0.3 is 0 Å². The van der Waals surface area contributed by atoms with E-state index in [1.165, 1.54) is 12.1 Å². The quantitative estimate of drug-likeness (QED) is 0.831. The van der Waals surface area contributed by atoms with Crippen LogP contribution in [0.4, 0.5) is 4.39 Å². The van der Waals surface area contributed by atoms with Crippen LogP contribution in [-0.4, -0.2) is 19.7 Å². The zero-order chi connectivity index (χ0) is 17.9. The summed E-state index contributed by atoms with van der Waals surface area (Å²) in [5, 5.41) is 0.152. The zero-order valence-electron chi connectivity index (χ0n) is 14.1. The van der Waals surface area contributed by atoms with E-state index in [0.29, 0.717) is 4.90 Å². The van der Waals surface area contributed by atoms with Crippen LogP contribution in [0.5, 0.6) is 0 Å². The van der Waals surface area contributed by atoms with E-state index in [4.69, 9.17) is 0 Å². The summed E-state index contributed by atoms with van der Waals surface area (Å²) in [4.78, 5) is 1.27. The second kappa shape index (κ2) is 7.89. The van der Waals surface area contributed by atoms with Crippen LogP contribution in [0.15, 0.2) is 58.3 Å². The molecule has 1 aliphatic rings. The van der Waals surface area contributed by atoms with E-state index in [9.17, 15) is 12.8 Å². The molecule has 3 rings (SSSR count). The summed E-state index contributed by atoms with van der Waals surface area (Å²) < 4.78 is 41.3. The standard InChI is InChI=1S/C19H22FNO2S2/c1-14-6-12-17(13-7-14)25(22,23)21-18-4-2-3-5-19(18)24-16-10-8-15(20)9-11-16/h6-13,18-19,21H,2-5H2,1H3/t18-,19-/m1/s1. The molecule has 0 amide bonds. The van der Waals surface area contributed by atoms with Gasteiger partial charge in [0.2, 0.25) is 10.0 Å². The maximum absolute atomic E-state index is 13.1. The predicted octanol–water partition coefficient (Wildman–Crippen LogP) is 4.52. The van der Waals surface area contributed by atoms with E-state index in [-0.39, 0.29) is 17.1 Å². The normalized spacial score (nSPS) is 21.2. The highest BCUT2D eigenvalue weighted by atomic mass is 32.2. The molecule has 1 aliphatic carbocycles. The average molecular weight is 380 g/mol. The van der Waals surface area contributed by atoms with Crippen molar-refractivity contribution in [3.05, 3.63) is 59.9 Å². The maximum atomic E-state index is 13.1. The van der Waals surface area contributed by atoms with Gasteiger partial charge in [0.25, 0.3) is 0 Å². The van der Waals surface area contributed by atoms with Gasteiger partial charge in [-0.1, -0.05) is 30.5 Å². The molecule has 0 aliphatic heterocycles. The first-order valence-electron chi connectivity index (χ1n) is 8.45.